The highest BCUT2D eigenvalue weighted by molar-refractivity contribution is 7.62. The molecule has 1 aromatic carbocycles. The van der Waals surface area contributed by atoms with Crippen molar-refractivity contribution >= 4 is 36.0 Å². The van der Waals surface area contributed by atoms with E-state index >= 15 is 0 Å². The largest absolute Gasteiger partial charge is 0.438 e. The predicted molar refractivity (Wildman–Crippen MR) is 136 cm³/mol. The van der Waals surface area contributed by atoms with Gasteiger partial charge in [0.15, 0.2) is 5.65 Å². The van der Waals surface area contributed by atoms with Crippen LogP contribution in [0.2, 0.25) is 0 Å². The number of H-pyrrole nitrogens is 1. The van der Waals surface area contributed by atoms with Crippen LogP contribution in [0.1, 0.15) is 47.1 Å². The highest BCUT2D eigenvalue weighted by Gasteiger charge is 2.32. The van der Waals surface area contributed by atoms with Crippen LogP contribution < -0.4 is 10.9 Å². The molecular weight excluding hydrogens is 501 g/mol. The molecule has 37 heavy (non-hydrogen) atoms. The summed E-state index contributed by atoms with van der Waals surface area (Å²) < 4.78 is 36.5. The van der Waals surface area contributed by atoms with E-state index in [0.29, 0.717) is 12.2 Å². The number of esters is 2. The fourth-order valence-corrected chi connectivity index (χ4v) is 4.27. The highest BCUT2D eigenvalue weighted by atomic mass is 31.2. The second-order valence-electron chi connectivity index (χ2n) is 10.5. The van der Waals surface area contributed by atoms with Crippen LogP contribution in [0, 0.1) is 10.8 Å². The molecule has 0 aliphatic heterocycles. The number of hydrogen-bond donors (Lipinski definition) is 1. The van der Waals surface area contributed by atoms with Gasteiger partial charge in [-0.3, -0.25) is 28.0 Å². The SMILES string of the molecule is CC(C)(C)C(=O)OCOP(=O)(OCOC(=O)C(C)(C)C)c1ccc(Cn2cnc3[nH]c(=O)ccc32)cc1. The molecule has 0 fully saturated rings. The molecule has 0 saturated heterocycles. The minimum Gasteiger partial charge on any atom is -0.438 e. The summed E-state index contributed by atoms with van der Waals surface area (Å²) in [7, 11) is -4.04. The van der Waals surface area contributed by atoms with Crippen molar-refractivity contribution in [2.75, 3.05) is 13.6 Å². The van der Waals surface area contributed by atoms with Gasteiger partial charge in [-0.05, 0) is 65.3 Å². The summed E-state index contributed by atoms with van der Waals surface area (Å²) in [5, 5.41) is 0.190. The molecule has 11 nitrogen and oxygen atoms in total. The fraction of sp³-hybridized carbons (Fsp3) is 0.440. The molecule has 0 saturated carbocycles. The molecule has 3 rings (SSSR count). The predicted octanol–water partition coefficient (Wildman–Crippen LogP) is 3.72. The zero-order chi connectivity index (χ0) is 27.4. The molecule has 2 aromatic heterocycles. The number of ether oxygens (including phenoxy) is 2. The van der Waals surface area contributed by atoms with Gasteiger partial charge in [0.05, 0.1) is 28.0 Å². The van der Waals surface area contributed by atoms with Gasteiger partial charge in [0, 0.05) is 12.6 Å². The topological polar surface area (TPSA) is 139 Å². The molecule has 0 bridgehead atoms. The zero-order valence-electron chi connectivity index (χ0n) is 21.8. The lowest BCUT2D eigenvalue weighted by molar-refractivity contribution is -0.161. The van der Waals surface area contributed by atoms with E-state index in [1.165, 1.54) is 6.07 Å². The lowest BCUT2D eigenvalue weighted by Gasteiger charge is -2.22. The molecule has 0 amide bonds. The monoisotopic (exact) mass is 533 g/mol. The van der Waals surface area contributed by atoms with E-state index in [1.54, 1.807) is 78.2 Å². The van der Waals surface area contributed by atoms with Gasteiger partial charge in [0.25, 0.3) is 0 Å². The Morgan fingerprint density at radius 3 is 1.95 bits per heavy atom. The molecule has 12 heteroatoms. The number of carbonyl (C=O) groups is 2. The van der Waals surface area contributed by atoms with Crippen LogP contribution >= 0.6 is 7.60 Å². The number of nitrogens with zero attached hydrogens (tertiary/aromatic N) is 2. The van der Waals surface area contributed by atoms with E-state index in [1.807, 2.05) is 4.57 Å². The number of pyridine rings is 1. The van der Waals surface area contributed by atoms with Crippen LogP contribution in [0.5, 0.6) is 0 Å². The van der Waals surface area contributed by atoms with E-state index < -0.39 is 44.0 Å². The Morgan fingerprint density at radius 2 is 1.43 bits per heavy atom. The number of hydrogen-bond acceptors (Lipinski definition) is 9. The van der Waals surface area contributed by atoms with Crippen molar-refractivity contribution in [2.45, 2.75) is 48.1 Å². The standard InChI is InChI=1S/C25H32N3O8P/c1-24(2,3)22(30)33-15-35-37(32,36-16-34-23(31)25(4,5)6)18-9-7-17(8-10-18)13-28-14-26-21-19(28)11-12-20(29)27-21/h7-12,14H,13,15-16H2,1-6H3,(H,27,29). The van der Waals surface area contributed by atoms with Gasteiger partial charge >= 0.3 is 19.5 Å². The molecule has 200 valence electrons. The maximum atomic E-state index is 13.6. The number of fused-ring (bicyclic) bond motifs is 1. The van der Waals surface area contributed by atoms with Crippen LogP contribution in [0.15, 0.2) is 47.5 Å². The van der Waals surface area contributed by atoms with E-state index in [0.717, 1.165) is 11.1 Å². The molecule has 0 unspecified atom stereocenters. The molecule has 1 N–H and O–H groups in total. The second-order valence-corrected chi connectivity index (χ2v) is 12.5. The summed E-state index contributed by atoms with van der Waals surface area (Å²) in [5.41, 5.74) is 0.288. The zero-order valence-corrected chi connectivity index (χ0v) is 22.7. The van der Waals surface area contributed by atoms with E-state index in [-0.39, 0.29) is 10.9 Å². The number of imidazole rings is 1. The lowest BCUT2D eigenvalue weighted by atomic mass is 9.98. The van der Waals surface area contributed by atoms with Gasteiger partial charge in [-0.15, -0.1) is 0 Å². The summed E-state index contributed by atoms with van der Waals surface area (Å²) in [6.45, 7) is 9.28. The first-order valence-electron chi connectivity index (χ1n) is 11.6. The van der Waals surface area contributed by atoms with Crippen LogP contribution in [0.4, 0.5) is 0 Å². The minimum atomic E-state index is -4.04. The Hall–Kier alpha value is -3.27. The number of rotatable bonds is 9. The van der Waals surface area contributed by atoms with E-state index in [4.69, 9.17) is 18.5 Å². The van der Waals surface area contributed by atoms with Gasteiger partial charge in [0.1, 0.15) is 0 Å². The Morgan fingerprint density at radius 1 is 0.892 bits per heavy atom. The van der Waals surface area contributed by atoms with Crippen molar-refractivity contribution < 1.29 is 32.7 Å². The number of aromatic amines is 1. The van der Waals surface area contributed by atoms with Crippen molar-refractivity contribution in [2.24, 2.45) is 10.8 Å². The molecule has 0 aliphatic rings. The molecule has 2 heterocycles. The van der Waals surface area contributed by atoms with Gasteiger partial charge < -0.3 is 19.0 Å². The third-order valence-electron chi connectivity index (χ3n) is 5.17. The minimum absolute atomic E-state index is 0.190. The van der Waals surface area contributed by atoms with Crippen LogP contribution in [0.25, 0.3) is 11.2 Å². The van der Waals surface area contributed by atoms with E-state index in [2.05, 4.69) is 9.97 Å². The van der Waals surface area contributed by atoms with Crippen molar-refractivity contribution in [1.82, 2.24) is 14.5 Å². The summed E-state index contributed by atoms with van der Waals surface area (Å²) >= 11 is 0. The van der Waals surface area contributed by atoms with E-state index in [9.17, 15) is 18.9 Å². The van der Waals surface area contributed by atoms with Crippen molar-refractivity contribution in [3.05, 3.63) is 58.6 Å². The third-order valence-corrected chi connectivity index (χ3v) is 6.99. The number of carbonyl (C=O) groups excluding carboxylic acids is 2. The lowest BCUT2D eigenvalue weighted by Crippen LogP contribution is -2.25. The Labute approximate surface area is 214 Å². The van der Waals surface area contributed by atoms with Gasteiger partial charge in [-0.1, -0.05) is 12.1 Å². The average molecular weight is 534 g/mol. The molecule has 0 radical (unpaired) electrons. The molecule has 3 aromatic rings. The number of benzene rings is 1. The van der Waals surface area contributed by atoms with Crippen molar-refractivity contribution in [3.8, 4) is 0 Å². The van der Waals surface area contributed by atoms with Crippen molar-refractivity contribution in [1.29, 1.82) is 0 Å². The fourth-order valence-electron chi connectivity index (χ4n) is 3.00. The normalized spacial score (nSPS) is 12.5. The Balaban J connectivity index is 1.76. The second kappa shape index (κ2) is 11.0. The molecule has 0 spiro atoms. The smallest absolute Gasteiger partial charge is 0.367 e. The Kier molecular flexibility index (Phi) is 8.42. The van der Waals surface area contributed by atoms with Crippen LogP contribution in [-0.2, 0) is 39.2 Å². The summed E-state index contributed by atoms with van der Waals surface area (Å²) in [6.07, 6.45) is 1.61. The highest BCUT2D eigenvalue weighted by Crippen LogP contribution is 2.47. The van der Waals surface area contributed by atoms with Crippen molar-refractivity contribution in [3.63, 3.8) is 0 Å². The van der Waals surface area contributed by atoms with Gasteiger partial charge in [-0.2, -0.15) is 0 Å². The maximum Gasteiger partial charge on any atom is 0.367 e. The van der Waals surface area contributed by atoms with Gasteiger partial charge in [-0.25, -0.2) is 4.98 Å². The summed E-state index contributed by atoms with van der Waals surface area (Å²) in [5.74, 6) is -1.08. The Bertz CT molecular complexity index is 1330. The van der Waals surface area contributed by atoms with Crippen LogP contribution in [0.3, 0.4) is 0 Å². The first kappa shape index (κ1) is 28.3. The average Bonchev–Trinajstić information content (AvgIpc) is 3.19. The maximum absolute atomic E-state index is 13.6. The van der Waals surface area contributed by atoms with Gasteiger partial charge in [0.2, 0.25) is 19.1 Å². The summed E-state index contributed by atoms with van der Waals surface area (Å²) in [4.78, 5) is 42.5. The quantitative estimate of drug-likeness (QED) is 0.248. The summed E-state index contributed by atoms with van der Waals surface area (Å²) in [6, 6.07) is 9.70. The molecule has 0 aliphatic carbocycles. The first-order chi connectivity index (χ1) is 17.2. The number of nitrogens with one attached hydrogen (secondary N) is 1. The number of aromatic nitrogens is 3. The molecule has 0 atom stereocenters. The van der Waals surface area contributed by atoms with Crippen LogP contribution in [-0.4, -0.2) is 40.1 Å². The third kappa shape index (κ3) is 7.38. The first-order valence-corrected chi connectivity index (χ1v) is 13.1. The molecular formula is C25H32N3O8P.